The lowest BCUT2D eigenvalue weighted by Gasteiger charge is -1.99. The second kappa shape index (κ2) is 4.08. The van der Waals surface area contributed by atoms with Crippen molar-refractivity contribution in [3.63, 3.8) is 0 Å². The summed E-state index contributed by atoms with van der Waals surface area (Å²) in [5.41, 5.74) is 0. The Hall–Kier alpha value is -0.900. The van der Waals surface area contributed by atoms with Crippen molar-refractivity contribution in [2.75, 3.05) is 6.61 Å². The van der Waals surface area contributed by atoms with Crippen LogP contribution in [0.15, 0.2) is 6.33 Å². The summed E-state index contributed by atoms with van der Waals surface area (Å²) in [7, 11) is 0. The first-order valence-electron chi connectivity index (χ1n) is 3.86. The first-order valence-corrected chi connectivity index (χ1v) is 3.86. The number of nitrogens with zero attached hydrogens (tertiary/aromatic N) is 3. The van der Waals surface area contributed by atoms with Crippen LogP contribution in [0.5, 0.6) is 0 Å². The minimum Gasteiger partial charge on any atom is -0.396 e. The Balaban J connectivity index is 2.54. The third kappa shape index (κ3) is 2.01. The molecule has 0 atom stereocenters. The molecule has 1 aromatic heterocycles. The van der Waals surface area contributed by atoms with Crippen LogP contribution in [-0.4, -0.2) is 26.5 Å². The van der Waals surface area contributed by atoms with E-state index >= 15 is 0 Å². The lowest BCUT2D eigenvalue weighted by molar-refractivity contribution is 0.286. The van der Waals surface area contributed by atoms with Crippen LogP contribution < -0.4 is 0 Å². The second-order valence-corrected chi connectivity index (χ2v) is 2.32. The van der Waals surface area contributed by atoms with Gasteiger partial charge in [-0.15, -0.1) is 0 Å². The lowest BCUT2D eigenvalue weighted by Crippen LogP contribution is -2.04. The summed E-state index contributed by atoms with van der Waals surface area (Å²) in [5, 5.41) is 12.6. The summed E-state index contributed by atoms with van der Waals surface area (Å²) in [6, 6.07) is 0. The van der Waals surface area contributed by atoms with Crippen molar-refractivity contribution in [3.05, 3.63) is 12.2 Å². The molecule has 0 aromatic carbocycles. The topological polar surface area (TPSA) is 50.9 Å². The van der Waals surface area contributed by atoms with Crippen LogP contribution in [0.2, 0.25) is 0 Å². The number of rotatable bonds is 4. The van der Waals surface area contributed by atoms with Crippen molar-refractivity contribution in [1.29, 1.82) is 0 Å². The maximum Gasteiger partial charge on any atom is 0.138 e. The average Bonchev–Trinajstić information content (AvgIpc) is 2.47. The molecule has 1 rings (SSSR count). The number of hydrogen-bond donors (Lipinski definition) is 1. The van der Waals surface area contributed by atoms with Gasteiger partial charge in [-0.1, -0.05) is 0 Å². The van der Waals surface area contributed by atoms with Crippen molar-refractivity contribution in [2.45, 2.75) is 26.3 Å². The Labute approximate surface area is 65.9 Å². The van der Waals surface area contributed by atoms with E-state index in [4.69, 9.17) is 5.11 Å². The van der Waals surface area contributed by atoms with Crippen molar-refractivity contribution in [3.8, 4) is 0 Å². The molecule has 4 nitrogen and oxygen atoms in total. The monoisotopic (exact) mass is 155 g/mol. The zero-order valence-electron chi connectivity index (χ0n) is 6.69. The van der Waals surface area contributed by atoms with Gasteiger partial charge < -0.3 is 5.11 Å². The Morgan fingerprint density at radius 3 is 3.09 bits per heavy atom. The van der Waals surface area contributed by atoms with E-state index in [1.165, 1.54) is 0 Å². The molecule has 0 aliphatic heterocycles. The molecule has 0 aliphatic rings. The molecule has 1 aromatic rings. The van der Waals surface area contributed by atoms with E-state index in [2.05, 4.69) is 10.1 Å². The van der Waals surface area contributed by atoms with Crippen LogP contribution in [0.1, 0.15) is 19.2 Å². The van der Waals surface area contributed by atoms with Gasteiger partial charge in [-0.05, 0) is 13.3 Å². The van der Waals surface area contributed by atoms with Gasteiger partial charge in [-0.2, -0.15) is 5.10 Å². The number of aliphatic hydroxyl groups is 1. The van der Waals surface area contributed by atoms with Gasteiger partial charge in [0.05, 0.1) is 0 Å². The number of aromatic nitrogens is 3. The Morgan fingerprint density at radius 1 is 1.64 bits per heavy atom. The van der Waals surface area contributed by atoms with Gasteiger partial charge in [0.15, 0.2) is 0 Å². The summed E-state index contributed by atoms with van der Waals surface area (Å²) in [6.07, 6.45) is 3.12. The van der Waals surface area contributed by atoms with E-state index in [0.717, 1.165) is 25.2 Å². The van der Waals surface area contributed by atoms with Gasteiger partial charge in [0, 0.05) is 19.6 Å². The molecule has 0 saturated heterocycles. The van der Waals surface area contributed by atoms with Gasteiger partial charge in [0.1, 0.15) is 12.2 Å². The molecule has 0 aliphatic carbocycles. The molecule has 11 heavy (non-hydrogen) atoms. The van der Waals surface area contributed by atoms with E-state index in [0.29, 0.717) is 0 Å². The van der Waals surface area contributed by atoms with Crippen molar-refractivity contribution in [1.82, 2.24) is 14.8 Å². The lowest BCUT2D eigenvalue weighted by atomic mass is 10.3. The van der Waals surface area contributed by atoms with Gasteiger partial charge in [0.25, 0.3) is 0 Å². The van der Waals surface area contributed by atoms with Crippen LogP contribution in [-0.2, 0) is 13.0 Å². The zero-order chi connectivity index (χ0) is 8.10. The molecule has 1 heterocycles. The Bertz CT molecular complexity index is 209. The fourth-order valence-corrected chi connectivity index (χ4v) is 0.983. The molecule has 0 radical (unpaired) electrons. The smallest absolute Gasteiger partial charge is 0.138 e. The number of aliphatic hydroxyl groups excluding tert-OH is 1. The molecule has 0 amide bonds. The predicted octanol–water partition coefficient (Wildman–Crippen LogP) is 0.223. The molecule has 4 heteroatoms. The molecule has 0 fully saturated rings. The van der Waals surface area contributed by atoms with Crippen molar-refractivity contribution in [2.24, 2.45) is 0 Å². The molecule has 1 N–H and O–H groups in total. The van der Waals surface area contributed by atoms with Crippen LogP contribution in [0, 0.1) is 0 Å². The van der Waals surface area contributed by atoms with Crippen LogP contribution in [0.3, 0.4) is 0 Å². The van der Waals surface area contributed by atoms with E-state index in [1.54, 1.807) is 6.33 Å². The highest BCUT2D eigenvalue weighted by Crippen LogP contribution is 1.97. The Kier molecular flexibility index (Phi) is 3.04. The summed E-state index contributed by atoms with van der Waals surface area (Å²) in [4.78, 5) is 4.07. The fraction of sp³-hybridized carbons (Fsp3) is 0.714. The van der Waals surface area contributed by atoms with Gasteiger partial charge in [-0.25, -0.2) is 4.98 Å². The first kappa shape index (κ1) is 8.20. The quantitative estimate of drug-likeness (QED) is 0.676. The van der Waals surface area contributed by atoms with E-state index in [9.17, 15) is 0 Å². The SMILES string of the molecule is CCn1ncnc1CCCO. The summed E-state index contributed by atoms with van der Waals surface area (Å²) >= 11 is 0. The summed E-state index contributed by atoms with van der Waals surface area (Å²) < 4.78 is 1.84. The van der Waals surface area contributed by atoms with Crippen molar-refractivity contribution >= 4 is 0 Å². The molecular formula is C7H13N3O. The normalized spacial score (nSPS) is 10.4. The minimum absolute atomic E-state index is 0.219. The average molecular weight is 155 g/mol. The molecule has 0 unspecified atom stereocenters. The predicted molar refractivity (Wildman–Crippen MR) is 41.1 cm³/mol. The van der Waals surface area contributed by atoms with Gasteiger partial charge in [-0.3, -0.25) is 4.68 Å². The van der Waals surface area contributed by atoms with E-state index < -0.39 is 0 Å². The van der Waals surface area contributed by atoms with E-state index in [-0.39, 0.29) is 6.61 Å². The molecule has 0 bridgehead atoms. The third-order valence-electron chi connectivity index (χ3n) is 1.55. The third-order valence-corrected chi connectivity index (χ3v) is 1.55. The maximum atomic E-state index is 8.57. The molecule has 0 spiro atoms. The Morgan fingerprint density at radius 2 is 2.45 bits per heavy atom. The van der Waals surface area contributed by atoms with Gasteiger partial charge >= 0.3 is 0 Å². The molecule has 62 valence electrons. The number of aryl methyl sites for hydroxylation is 2. The van der Waals surface area contributed by atoms with Crippen LogP contribution >= 0.6 is 0 Å². The standard InChI is InChI=1S/C7H13N3O/c1-2-10-7(4-3-5-11)8-6-9-10/h6,11H,2-5H2,1H3. The number of hydrogen-bond acceptors (Lipinski definition) is 3. The van der Waals surface area contributed by atoms with Crippen LogP contribution in [0.4, 0.5) is 0 Å². The summed E-state index contributed by atoms with van der Waals surface area (Å²) in [5.74, 6) is 0.960. The highest BCUT2D eigenvalue weighted by molar-refractivity contribution is 4.83. The second-order valence-electron chi connectivity index (χ2n) is 2.32. The first-order chi connectivity index (χ1) is 5.38. The summed E-state index contributed by atoms with van der Waals surface area (Å²) in [6.45, 7) is 3.09. The molecular weight excluding hydrogens is 142 g/mol. The highest BCUT2D eigenvalue weighted by Gasteiger charge is 2.00. The van der Waals surface area contributed by atoms with Crippen molar-refractivity contribution < 1.29 is 5.11 Å². The highest BCUT2D eigenvalue weighted by atomic mass is 16.2. The zero-order valence-corrected chi connectivity index (χ0v) is 6.69. The largest absolute Gasteiger partial charge is 0.396 e. The maximum absolute atomic E-state index is 8.57. The van der Waals surface area contributed by atoms with Gasteiger partial charge in [0.2, 0.25) is 0 Å². The fourth-order valence-electron chi connectivity index (χ4n) is 0.983. The minimum atomic E-state index is 0.219. The molecule has 0 saturated carbocycles. The van der Waals surface area contributed by atoms with E-state index in [1.807, 2.05) is 11.6 Å². The van der Waals surface area contributed by atoms with Crippen LogP contribution in [0.25, 0.3) is 0 Å².